The molecule has 1 N–H and O–H groups in total. The van der Waals surface area contributed by atoms with Crippen LogP contribution < -0.4 is 5.32 Å². The molecule has 2 aromatic rings. The van der Waals surface area contributed by atoms with Crippen LogP contribution in [0.3, 0.4) is 0 Å². The lowest BCUT2D eigenvalue weighted by molar-refractivity contribution is 0.0168. The Hall–Kier alpha value is -1.32. The van der Waals surface area contributed by atoms with Crippen molar-refractivity contribution in [2.24, 2.45) is 7.05 Å². The molecule has 1 aliphatic heterocycles. The van der Waals surface area contributed by atoms with Gasteiger partial charge in [0.25, 0.3) is 0 Å². The van der Waals surface area contributed by atoms with E-state index in [0.29, 0.717) is 6.10 Å². The van der Waals surface area contributed by atoms with E-state index >= 15 is 0 Å². The lowest BCUT2D eigenvalue weighted by atomic mass is 10.1. The van der Waals surface area contributed by atoms with Gasteiger partial charge in [-0.2, -0.15) is 0 Å². The number of hydrogen-bond donors (Lipinski definition) is 1. The van der Waals surface area contributed by atoms with Crippen LogP contribution in [0.4, 0.5) is 0 Å². The largest absolute Gasteiger partial charge is 0.377 e. The fourth-order valence-corrected chi connectivity index (χ4v) is 2.90. The van der Waals surface area contributed by atoms with Gasteiger partial charge in [-0.25, -0.2) is 0 Å². The molecule has 1 fully saturated rings. The smallest absolute Gasteiger partial charge is 0.0699 e. The maximum absolute atomic E-state index is 5.74. The Morgan fingerprint density at radius 3 is 3.05 bits per heavy atom. The van der Waals surface area contributed by atoms with E-state index in [1.54, 1.807) is 0 Å². The molecule has 2 heterocycles. The molecule has 1 aromatic carbocycles. The quantitative estimate of drug-likeness (QED) is 0.912. The molecule has 0 amide bonds. The van der Waals surface area contributed by atoms with Gasteiger partial charge in [0.05, 0.1) is 6.10 Å². The summed E-state index contributed by atoms with van der Waals surface area (Å²) in [5.74, 6) is 0. The summed E-state index contributed by atoms with van der Waals surface area (Å²) in [6.45, 7) is 2.81. The molecular formula is C16H22N2O. The Labute approximate surface area is 114 Å². The topological polar surface area (TPSA) is 26.2 Å². The van der Waals surface area contributed by atoms with Gasteiger partial charge < -0.3 is 14.6 Å². The van der Waals surface area contributed by atoms with E-state index in [9.17, 15) is 0 Å². The lowest BCUT2D eigenvalue weighted by Crippen LogP contribution is -2.31. The predicted molar refractivity (Wildman–Crippen MR) is 78.2 cm³/mol. The van der Waals surface area contributed by atoms with E-state index < -0.39 is 0 Å². The van der Waals surface area contributed by atoms with Gasteiger partial charge in [-0.1, -0.05) is 18.2 Å². The Morgan fingerprint density at radius 1 is 1.32 bits per heavy atom. The SMILES string of the molecule is Cn1cc(CNCC2CCCCO2)c2ccccc21. The molecule has 0 saturated carbocycles. The van der Waals surface area contributed by atoms with Gasteiger partial charge in [0.1, 0.15) is 0 Å². The van der Waals surface area contributed by atoms with E-state index in [2.05, 4.69) is 47.4 Å². The van der Waals surface area contributed by atoms with Gasteiger partial charge >= 0.3 is 0 Å². The number of para-hydroxylation sites is 1. The normalized spacial score (nSPS) is 19.9. The van der Waals surface area contributed by atoms with Crippen LogP contribution in [0.5, 0.6) is 0 Å². The van der Waals surface area contributed by atoms with Crippen molar-refractivity contribution >= 4 is 10.9 Å². The Balaban J connectivity index is 1.62. The highest BCUT2D eigenvalue weighted by atomic mass is 16.5. The van der Waals surface area contributed by atoms with Crippen LogP contribution in [-0.2, 0) is 18.3 Å². The van der Waals surface area contributed by atoms with Crippen LogP contribution in [0.2, 0.25) is 0 Å². The van der Waals surface area contributed by atoms with Crippen molar-refractivity contribution in [2.75, 3.05) is 13.2 Å². The molecule has 3 rings (SSSR count). The first kappa shape index (κ1) is 12.7. The maximum atomic E-state index is 5.74. The first-order valence-electron chi connectivity index (χ1n) is 7.20. The summed E-state index contributed by atoms with van der Waals surface area (Å²) in [7, 11) is 2.11. The van der Waals surface area contributed by atoms with Gasteiger partial charge in [-0.3, -0.25) is 0 Å². The fraction of sp³-hybridized carbons (Fsp3) is 0.500. The summed E-state index contributed by atoms with van der Waals surface area (Å²) in [5.41, 5.74) is 2.67. The minimum Gasteiger partial charge on any atom is -0.377 e. The first-order valence-corrected chi connectivity index (χ1v) is 7.20. The van der Waals surface area contributed by atoms with Gasteiger partial charge in [0, 0.05) is 43.8 Å². The van der Waals surface area contributed by atoms with Gasteiger partial charge in [0.2, 0.25) is 0 Å². The van der Waals surface area contributed by atoms with Crippen molar-refractivity contribution < 1.29 is 4.74 Å². The molecule has 102 valence electrons. The third kappa shape index (κ3) is 2.82. The molecule has 0 spiro atoms. The van der Waals surface area contributed by atoms with Gasteiger partial charge in [0.15, 0.2) is 0 Å². The first-order chi connectivity index (χ1) is 9.34. The van der Waals surface area contributed by atoms with Crippen LogP contribution in [0, 0.1) is 0 Å². The fourth-order valence-electron chi connectivity index (χ4n) is 2.90. The van der Waals surface area contributed by atoms with E-state index in [0.717, 1.165) is 19.7 Å². The number of rotatable bonds is 4. The number of nitrogens with one attached hydrogen (secondary N) is 1. The zero-order chi connectivity index (χ0) is 13.1. The van der Waals surface area contributed by atoms with Crippen molar-refractivity contribution in [3.63, 3.8) is 0 Å². The van der Waals surface area contributed by atoms with E-state index in [1.165, 1.54) is 35.7 Å². The number of nitrogens with zero attached hydrogens (tertiary/aromatic N) is 1. The number of benzene rings is 1. The molecule has 1 aliphatic rings. The van der Waals surface area contributed by atoms with Crippen molar-refractivity contribution in [1.29, 1.82) is 0 Å². The summed E-state index contributed by atoms with van der Waals surface area (Å²) in [5, 5.41) is 4.89. The van der Waals surface area contributed by atoms with Crippen molar-refractivity contribution in [2.45, 2.75) is 31.9 Å². The minimum absolute atomic E-state index is 0.406. The average molecular weight is 258 g/mol. The minimum atomic E-state index is 0.406. The summed E-state index contributed by atoms with van der Waals surface area (Å²) >= 11 is 0. The molecule has 19 heavy (non-hydrogen) atoms. The second kappa shape index (κ2) is 5.76. The number of hydrogen-bond acceptors (Lipinski definition) is 2. The van der Waals surface area contributed by atoms with Gasteiger partial charge in [-0.05, 0) is 30.9 Å². The lowest BCUT2D eigenvalue weighted by Gasteiger charge is -2.22. The molecular weight excluding hydrogens is 236 g/mol. The molecule has 0 bridgehead atoms. The monoisotopic (exact) mass is 258 g/mol. The van der Waals surface area contributed by atoms with Crippen LogP contribution >= 0.6 is 0 Å². The van der Waals surface area contributed by atoms with E-state index in [1.807, 2.05) is 0 Å². The molecule has 0 radical (unpaired) electrons. The van der Waals surface area contributed by atoms with Crippen LogP contribution in [-0.4, -0.2) is 23.8 Å². The number of aryl methyl sites for hydroxylation is 1. The number of fused-ring (bicyclic) bond motifs is 1. The van der Waals surface area contributed by atoms with Crippen LogP contribution in [0.25, 0.3) is 10.9 Å². The zero-order valence-electron chi connectivity index (χ0n) is 11.6. The van der Waals surface area contributed by atoms with E-state index in [-0.39, 0.29) is 0 Å². The Morgan fingerprint density at radius 2 is 2.21 bits per heavy atom. The molecule has 1 atom stereocenters. The Kier molecular flexibility index (Phi) is 3.85. The molecule has 1 unspecified atom stereocenters. The van der Waals surface area contributed by atoms with Crippen LogP contribution in [0.15, 0.2) is 30.5 Å². The average Bonchev–Trinajstić information content (AvgIpc) is 2.78. The molecule has 1 aromatic heterocycles. The number of ether oxygens (including phenoxy) is 1. The van der Waals surface area contributed by atoms with E-state index in [4.69, 9.17) is 4.74 Å². The summed E-state index contributed by atoms with van der Waals surface area (Å²) < 4.78 is 7.94. The molecule has 3 heteroatoms. The summed E-state index contributed by atoms with van der Waals surface area (Å²) in [4.78, 5) is 0. The van der Waals surface area contributed by atoms with Crippen molar-refractivity contribution in [3.05, 3.63) is 36.0 Å². The zero-order valence-corrected chi connectivity index (χ0v) is 11.6. The second-order valence-corrected chi connectivity index (χ2v) is 5.40. The second-order valence-electron chi connectivity index (χ2n) is 5.40. The third-order valence-corrected chi connectivity index (χ3v) is 3.94. The van der Waals surface area contributed by atoms with Crippen LogP contribution in [0.1, 0.15) is 24.8 Å². The maximum Gasteiger partial charge on any atom is 0.0699 e. The standard InChI is InChI=1S/C16H22N2O/c1-18-12-13(15-7-2-3-8-16(15)18)10-17-11-14-6-4-5-9-19-14/h2-3,7-8,12,14,17H,4-6,9-11H2,1H3. The summed E-state index contributed by atoms with van der Waals surface area (Å²) in [6.07, 6.45) is 6.35. The van der Waals surface area contributed by atoms with Crippen molar-refractivity contribution in [1.82, 2.24) is 9.88 Å². The molecule has 0 aliphatic carbocycles. The summed E-state index contributed by atoms with van der Waals surface area (Å²) in [6, 6.07) is 8.57. The highest BCUT2D eigenvalue weighted by Crippen LogP contribution is 2.20. The highest BCUT2D eigenvalue weighted by molar-refractivity contribution is 5.83. The highest BCUT2D eigenvalue weighted by Gasteiger charge is 2.13. The third-order valence-electron chi connectivity index (χ3n) is 3.94. The molecule has 1 saturated heterocycles. The predicted octanol–water partition coefficient (Wildman–Crippen LogP) is 2.84. The van der Waals surface area contributed by atoms with Crippen molar-refractivity contribution in [3.8, 4) is 0 Å². The Bertz CT molecular complexity index is 541. The van der Waals surface area contributed by atoms with Gasteiger partial charge in [-0.15, -0.1) is 0 Å². The number of aromatic nitrogens is 1. The molecule has 3 nitrogen and oxygen atoms in total.